The number of aliphatic hydroxyl groups is 2. The average molecular weight is 722 g/mol. The van der Waals surface area contributed by atoms with Crippen molar-refractivity contribution in [2.75, 3.05) is 26.8 Å². The summed E-state index contributed by atoms with van der Waals surface area (Å²) in [5.74, 6) is -2.21. The van der Waals surface area contributed by atoms with Crippen LogP contribution in [0.5, 0.6) is 5.75 Å². The van der Waals surface area contributed by atoms with Crippen LogP contribution in [0.2, 0.25) is 0 Å². The largest absolute Gasteiger partial charge is 0.507 e. The molecule has 13 nitrogen and oxygen atoms in total. The molecule has 0 spiro atoms. The van der Waals surface area contributed by atoms with Gasteiger partial charge >= 0.3 is 0 Å². The van der Waals surface area contributed by atoms with Gasteiger partial charge in [0, 0.05) is 89.7 Å². The molecule has 2 aromatic heterocycles. The van der Waals surface area contributed by atoms with E-state index < -0.39 is 30.3 Å². The van der Waals surface area contributed by atoms with Crippen molar-refractivity contribution < 1.29 is 40.3 Å². The summed E-state index contributed by atoms with van der Waals surface area (Å²) in [6.45, 7) is 3.12. The van der Waals surface area contributed by atoms with E-state index in [0.717, 1.165) is 22.4 Å². The van der Waals surface area contributed by atoms with Crippen LogP contribution in [0, 0.1) is 0 Å². The number of nitrogens with zero attached hydrogens (tertiary/aromatic N) is 4. The minimum Gasteiger partial charge on any atom is -0.507 e. The molecule has 8 rings (SSSR count). The summed E-state index contributed by atoms with van der Waals surface area (Å²) in [7, 11) is -1.00. The van der Waals surface area contributed by atoms with Gasteiger partial charge in [-0.2, -0.15) is 0 Å². The molecular weight excluding hydrogens is 683 g/mol. The molecule has 2 aliphatic carbocycles. The Labute approximate surface area is 304 Å². The topological polar surface area (TPSA) is 233 Å². The Morgan fingerprint density at radius 3 is 1.74 bits per heavy atom. The summed E-state index contributed by atoms with van der Waals surface area (Å²) in [4.78, 5) is 62.2. The van der Waals surface area contributed by atoms with E-state index in [4.69, 9.17) is 17.9 Å². The number of aromatic nitrogens is 4. The van der Waals surface area contributed by atoms with Crippen LogP contribution in [-0.4, -0.2) is 85.2 Å². The fourth-order valence-electron chi connectivity index (χ4n) is 4.91. The fourth-order valence-corrected chi connectivity index (χ4v) is 4.91. The molecule has 0 amide bonds. The van der Waals surface area contributed by atoms with Crippen molar-refractivity contribution in [3.63, 3.8) is 0 Å². The first-order chi connectivity index (χ1) is 26.1. The van der Waals surface area contributed by atoms with Crippen LogP contribution in [0.25, 0.3) is 38.8 Å². The summed E-state index contributed by atoms with van der Waals surface area (Å²) in [6, 6.07) is 22.7. The third-order valence-corrected chi connectivity index (χ3v) is 7.11. The Morgan fingerprint density at radius 1 is 0.660 bits per heavy atom. The average Bonchev–Trinajstić information content (AvgIpc) is 3.20. The molecule has 0 fully saturated rings. The van der Waals surface area contributed by atoms with E-state index in [1.807, 2.05) is 24.3 Å². The number of phenolic OH excluding ortho intramolecular Hbond substituents is 1. The van der Waals surface area contributed by atoms with Gasteiger partial charge in [-0.15, -0.1) is 0 Å². The number of aliphatic hydroxyl groups excluding tert-OH is 2. The second kappa shape index (κ2) is 20.3. The highest BCUT2D eigenvalue weighted by Gasteiger charge is 2.32. The fraction of sp³-hybridized carbons (Fsp3) is 0.128. The van der Waals surface area contributed by atoms with Crippen LogP contribution >= 0.6 is 0 Å². The van der Waals surface area contributed by atoms with Crippen molar-refractivity contribution in [2.45, 2.75) is 6.92 Å². The van der Waals surface area contributed by atoms with Crippen LogP contribution in [0.4, 0.5) is 4.39 Å². The quantitative estimate of drug-likeness (QED) is 0.113. The molecule has 2 aliphatic rings. The van der Waals surface area contributed by atoms with Crippen LogP contribution in [0.3, 0.4) is 0 Å². The maximum absolute atomic E-state index is 11.8. The molecule has 6 aromatic rings. The number of allylic oxidation sites excluding steroid dienone is 1. The molecule has 0 unspecified atom stereocenters. The van der Waals surface area contributed by atoms with Gasteiger partial charge in [-0.25, -0.2) is 4.98 Å². The number of halogens is 1. The molecule has 4 aromatic carbocycles. The normalized spacial score (nSPS) is 12.1. The van der Waals surface area contributed by atoms with Crippen LogP contribution in [0.1, 0.15) is 45.1 Å². The van der Waals surface area contributed by atoms with E-state index >= 15 is 0 Å². The van der Waals surface area contributed by atoms with Crippen molar-refractivity contribution >= 4 is 50.7 Å². The number of fused-ring (bicyclic) bond motifs is 7. The molecule has 2 heterocycles. The molecule has 0 bridgehead atoms. The third-order valence-electron chi connectivity index (χ3n) is 7.11. The lowest BCUT2D eigenvalue weighted by Gasteiger charge is -2.14. The number of hydrogen-bond donors (Lipinski definition) is 5. The molecule has 0 radical (unpaired) electrons. The van der Waals surface area contributed by atoms with Gasteiger partial charge in [-0.3, -0.25) is 38.5 Å². The minimum atomic E-state index is -1.00. The predicted molar refractivity (Wildman–Crippen MR) is 199 cm³/mol. The second-order valence-corrected chi connectivity index (χ2v) is 10.5. The van der Waals surface area contributed by atoms with Crippen LogP contribution < -0.4 is 11.5 Å². The van der Waals surface area contributed by atoms with Gasteiger partial charge in [-0.05, 0) is 6.92 Å². The number of rotatable bonds is 1. The smallest absolute Gasteiger partial charge is 0.254 e. The van der Waals surface area contributed by atoms with Crippen molar-refractivity contribution in [1.82, 2.24) is 19.9 Å². The zero-order valence-corrected chi connectivity index (χ0v) is 28.5. The molecule has 272 valence electrons. The zero-order chi connectivity index (χ0) is 39.6. The number of nitrogens with two attached hydrogens (primary N) is 2. The number of ketones is 4. The molecule has 0 saturated heterocycles. The lowest BCUT2D eigenvalue weighted by molar-refractivity contribution is -0.111. The maximum Gasteiger partial charge on any atom is 0.254 e. The first-order valence-electron chi connectivity index (χ1n) is 16.6. The third kappa shape index (κ3) is 9.80. The second-order valence-electron chi connectivity index (χ2n) is 10.5. The number of Topliss-reactive ketones (excluding diaryl/α,β-unsaturated/α-hetero) is 3. The summed E-state index contributed by atoms with van der Waals surface area (Å²) < 4.78 is 15.5. The summed E-state index contributed by atoms with van der Waals surface area (Å²) >= 11 is 0. The summed E-state index contributed by atoms with van der Waals surface area (Å²) in [5.41, 5.74) is 13.8. The molecule has 53 heavy (non-hydrogen) atoms. The van der Waals surface area contributed by atoms with Gasteiger partial charge in [0.1, 0.15) is 22.9 Å². The van der Waals surface area contributed by atoms with E-state index in [-0.39, 0.29) is 29.4 Å². The van der Waals surface area contributed by atoms with Crippen molar-refractivity contribution in [3.8, 4) is 17.0 Å². The van der Waals surface area contributed by atoms with Crippen LogP contribution in [-0.2, 0) is 4.79 Å². The first kappa shape index (κ1) is 39.2. The van der Waals surface area contributed by atoms with E-state index in [2.05, 4.69) is 19.9 Å². The summed E-state index contributed by atoms with van der Waals surface area (Å²) in [6.07, 6.45) is 7.16. The van der Waals surface area contributed by atoms with Gasteiger partial charge < -0.3 is 26.8 Å². The number of hydrogen-bond acceptors (Lipinski definition) is 13. The van der Waals surface area contributed by atoms with Crippen molar-refractivity contribution in [3.05, 3.63) is 132 Å². The van der Waals surface area contributed by atoms with Gasteiger partial charge in [0.25, 0.3) is 5.78 Å². The maximum atomic E-state index is 11.8. The Kier molecular flexibility index (Phi) is 15.0. The number of phenols is 1. The Balaban J connectivity index is 0.000000195. The molecule has 0 atom stereocenters. The van der Waals surface area contributed by atoms with Crippen molar-refractivity contribution in [2.24, 2.45) is 11.5 Å². The molecule has 7 N–H and O–H groups in total. The van der Waals surface area contributed by atoms with E-state index in [1.54, 1.807) is 67.8 Å². The Morgan fingerprint density at radius 2 is 1.13 bits per heavy atom. The van der Waals surface area contributed by atoms with E-state index in [0.29, 0.717) is 41.0 Å². The molecule has 0 aliphatic heterocycles. The highest BCUT2D eigenvalue weighted by Crippen LogP contribution is 2.31. The highest BCUT2D eigenvalue weighted by molar-refractivity contribution is 6.52. The number of carbonyl (C=O) groups is 4. The monoisotopic (exact) mass is 721 g/mol. The SMILES string of the molecule is CCO.NCCN.O=C1C(=O)c2nccnc2-c2ccccc21.O=C1C=C(O)c2ccccc2C1=O.Oc1cc2nccnc2c2ccccc12.[2H]CF. The number of benzene rings is 4. The lowest BCUT2D eigenvalue weighted by atomic mass is 9.90. The number of alkyl halides is 1. The van der Waals surface area contributed by atoms with Gasteiger partial charge in [0.2, 0.25) is 17.3 Å². The minimum absolute atomic E-state index is 0.139. The standard InChI is InChI=1S/C12H6N2O2.C12H8N2O.C10H6O3.C2H8N2.C2H6O.CH3F/c15-11-8-4-2-1-3-7(8)9-10(12(11)16)14-6-5-13-9;15-11-7-10-12(14-6-5-13-10)9-4-2-1-3-8(9)11;11-8-5-9(12)10(13)7-4-2-1-3-6(7)8;3-1-2-4;1-2-3;1-2/h1-6H;1-7,15H;1-5,11H;1-4H2;3H,2H2,1H3;1H3/i;;;;;1D. The molecular formula is C39H37FN6O7. The number of carbonyl (C=O) groups excluding carboxylic acids is 4. The Hall–Kier alpha value is -6.61. The van der Waals surface area contributed by atoms with Gasteiger partial charge in [0.15, 0.2) is 0 Å². The van der Waals surface area contributed by atoms with Gasteiger partial charge in [-0.1, -0.05) is 72.8 Å². The Bertz CT molecular complexity index is 2230. The van der Waals surface area contributed by atoms with Gasteiger partial charge in [0.05, 0.1) is 19.6 Å². The lowest BCUT2D eigenvalue weighted by Crippen LogP contribution is -2.23. The highest BCUT2D eigenvalue weighted by atomic mass is 19.1. The summed E-state index contributed by atoms with van der Waals surface area (Å²) in [5, 5.41) is 28.5. The first-order valence-corrected chi connectivity index (χ1v) is 15.9. The van der Waals surface area contributed by atoms with E-state index in [1.165, 1.54) is 18.5 Å². The van der Waals surface area contributed by atoms with Crippen molar-refractivity contribution in [1.29, 1.82) is 0 Å². The van der Waals surface area contributed by atoms with E-state index in [9.17, 15) is 33.8 Å². The predicted octanol–water partition coefficient (Wildman–Crippen LogP) is 4.85. The molecule has 14 heteroatoms. The number of aromatic hydroxyl groups is 1. The zero-order valence-electron chi connectivity index (χ0n) is 29.5. The van der Waals surface area contributed by atoms with Crippen LogP contribution in [0.15, 0.2) is 110 Å². The molecule has 0 saturated carbocycles.